The number of unbranched alkanes of at least 4 members (excludes halogenated alkanes) is 2. The first-order valence-electron chi connectivity index (χ1n) is 31.7. The van der Waals surface area contributed by atoms with Crippen molar-refractivity contribution in [3.63, 3.8) is 0 Å². The van der Waals surface area contributed by atoms with E-state index in [1.807, 2.05) is 0 Å². The molecule has 4 saturated heterocycles. The lowest BCUT2D eigenvalue weighted by atomic mass is 10.0. The van der Waals surface area contributed by atoms with Gasteiger partial charge in [0.1, 0.15) is 71.9 Å². The summed E-state index contributed by atoms with van der Waals surface area (Å²) in [6.45, 7) is 0.275. The highest BCUT2D eigenvalue weighted by atomic mass is 31.2. The summed E-state index contributed by atoms with van der Waals surface area (Å²) in [6.07, 6.45) is -5.89. The molecule has 532 valence electrons. The number of hydrogen-bond donors (Lipinski definition) is 18. The number of phenolic OH excluding ortho intramolecular Hbond substituents is 2. The number of aliphatic hydroxyl groups is 4. The molecule has 4 fully saturated rings. The number of carboxylic acids is 1. The SMILES string of the molecule is C[C@H](N)C(=O)N[C@@H](CCCCN)C(=O)N1CCC[C@H]1C(=O)N[C@@H](COP(=O)(O)O)C(=O)N[C@@H](Cc1ccc(O)cc1)C(=O)N1C[C@H](O)C[C@H]1C(=O)N1C[C@H](O)C[C@H]1C(=O)N[C@H](C(=O)N[C@@H](Cc1ccc(O)cc1)C(=O)N1C[C@H](O)C[C@H]1C(=O)N[C@@H](CCCCN)C(=O)O)[C@@H](C)O. The number of amides is 10. The van der Waals surface area contributed by atoms with Crippen LogP contribution in [0.2, 0.25) is 0 Å². The van der Waals surface area contributed by atoms with E-state index in [-0.39, 0.29) is 75.2 Å². The number of β-amino-alcohol motifs (C(OH)–C–C–N with tert-alkyl or cyclic N) is 3. The predicted octanol–water partition coefficient (Wildman–Crippen LogP) is -6.15. The highest BCUT2D eigenvalue weighted by Crippen LogP contribution is 2.36. The van der Waals surface area contributed by atoms with Crippen molar-refractivity contribution in [1.82, 2.24) is 51.5 Å². The Hall–Kier alpha value is -7.96. The van der Waals surface area contributed by atoms with Crippen LogP contribution in [0, 0.1) is 0 Å². The van der Waals surface area contributed by atoms with Crippen LogP contribution in [-0.2, 0) is 74.7 Å². The van der Waals surface area contributed by atoms with Gasteiger partial charge in [-0.05, 0) is 114 Å². The summed E-state index contributed by atoms with van der Waals surface area (Å²) in [4.78, 5) is 178. The van der Waals surface area contributed by atoms with Crippen molar-refractivity contribution in [2.24, 2.45) is 17.2 Å². The van der Waals surface area contributed by atoms with E-state index in [0.29, 0.717) is 31.2 Å². The van der Waals surface area contributed by atoms with Gasteiger partial charge in [0.15, 0.2) is 0 Å². The molecule has 2 aromatic carbocycles. The van der Waals surface area contributed by atoms with E-state index in [9.17, 15) is 98.0 Å². The topological polar surface area (TPSA) is 559 Å². The Morgan fingerprint density at radius 1 is 0.552 bits per heavy atom. The first kappa shape index (κ1) is 77.1. The number of carbonyl (C=O) groups is 11. The second-order valence-corrected chi connectivity index (χ2v) is 25.9. The number of aliphatic hydroxyl groups excluding tert-OH is 4. The predicted molar refractivity (Wildman–Crippen MR) is 335 cm³/mol. The number of phenols is 2. The number of aromatic hydroxyl groups is 2. The maximum atomic E-state index is 15.0. The normalized spacial score (nSPS) is 22.8. The quantitative estimate of drug-likeness (QED) is 0.0234. The van der Waals surface area contributed by atoms with E-state index in [0.717, 1.165) is 21.6 Å². The number of aliphatic carboxylic acids is 1. The van der Waals surface area contributed by atoms with Gasteiger partial charge in [0.2, 0.25) is 59.1 Å². The van der Waals surface area contributed by atoms with Gasteiger partial charge in [-0.1, -0.05) is 24.3 Å². The first-order chi connectivity index (χ1) is 45.3. The minimum atomic E-state index is -5.40. The number of phosphoric ester groups is 1. The summed E-state index contributed by atoms with van der Waals surface area (Å²) in [5.41, 5.74) is 17.6. The van der Waals surface area contributed by atoms with Crippen molar-refractivity contribution in [2.45, 2.75) is 188 Å². The molecule has 15 atom stereocenters. The van der Waals surface area contributed by atoms with Crippen molar-refractivity contribution < 1.29 is 107 Å². The van der Waals surface area contributed by atoms with Crippen LogP contribution in [-0.4, -0.2) is 267 Å². The minimum Gasteiger partial charge on any atom is -0.508 e. The second-order valence-electron chi connectivity index (χ2n) is 24.6. The molecule has 0 aliphatic carbocycles. The number of likely N-dealkylation sites (tertiary alicyclic amines) is 4. The second kappa shape index (κ2) is 35.3. The number of nitrogens with one attached hydrogen (secondary N) is 6. The summed E-state index contributed by atoms with van der Waals surface area (Å²) in [5, 5.41) is 88.8. The van der Waals surface area contributed by atoms with Gasteiger partial charge in [-0.2, -0.15) is 0 Å². The maximum absolute atomic E-state index is 15.0. The lowest BCUT2D eigenvalue weighted by Crippen LogP contribution is -2.62. The van der Waals surface area contributed by atoms with Crippen LogP contribution >= 0.6 is 7.82 Å². The molecular formula is C60H90N13O22P. The number of hydrogen-bond acceptors (Lipinski definition) is 22. The zero-order valence-electron chi connectivity index (χ0n) is 53.2. The Morgan fingerprint density at radius 2 is 0.979 bits per heavy atom. The van der Waals surface area contributed by atoms with Gasteiger partial charge in [-0.15, -0.1) is 0 Å². The van der Waals surface area contributed by atoms with Crippen molar-refractivity contribution in [3.05, 3.63) is 59.7 Å². The zero-order chi connectivity index (χ0) is 70.9. The third-order valence-electron chi connectivity index (χ3n) is 17.0. The fourth-order valence-electron chi connectivity index (χ4n) is 12.0. The van der Waals surface area contributed by atoms with Gasteiger partial charge >= 0.3 is 13.8 Å². The van der Waals surface area contributed by atoms with E-state index >= 15 is 4.79 Å². The third-order valence-corrected chi connectivity index (χ3v) is 17.5. The molecule has 4 aliphatic heterocycles. The molecule has 2 aromatic rings. The van der Waals surface area contributed by atoms with Gasteiger partial charge < -0.3 is 114 Å². The van der Waals surface area contributed by atoms with Gasteiger partial charge in [0.25, 0.3) is 0 Å². The smallest absolute Gasteiger partial charge is 0.469 e. The average Bonchev–Trinajstić information content (AvgIpc) is 1.64. The van der Waals surface area contributed by atoms with E-state index in [2.05, 4.69) is 36.4 Å². The molecular weight excluding hydrogens is 1290 g/mol. The molecule has 0 unspecified atom stereocenters. The standard InChI is InChI=1S/C60H90N13O22P/c1-31(63)50(80)64-40(8-3-5-19-61)56(86)70-21-7-10-45(70)52(82)68-44(30-95-96(92,93)94)51(81)66-42(22-33-11-15-35(75)16-12-33)58(88)73-29-39(79)26-48(73)59(89)72-28-38(78)25-47(72)54(84)69-49(32(2)74)55(85)67-43(23-34-13-17-36(76)18-14-34)57(87)71-27-37(77)24-46(71)53(83)65-41(60(90)91)9-4-6-20-62/h11-18,31-32,37-49,74-79H,3-10,19-30,61-63H2,1-2H3,(H,64,80)(H,65,83)(H,66,81)(H,67,85)(H,68,82)(H,69,84)(H,90,91)(H2,92,93,94)/t31-,32+,37+,38+,39+,40-,41-,42-,43-,44-,45-,46-,47-,48-,49-/m0/s1. The molecule has 6 rings (SSSR count). The van der Waals surface area contributed by atoms with Crippen LogP contribution in [0.15, 0.2) is 48.5 Å². The van der Waals surface area contributed by atoms with Crippen molar-refractivity contribution in [1.29, 1.82) is 0 Å². The number of phosphoric acid groups is 1. The molecule has 36 heteroatoms. The Labute approximate surface area is 552 Å². The Kier molecular flexibility index (Phi) is 28.4. The van der Waals surface area contributed by atoms with E-state index in [1.165, 1.54) is 60.4 Å². The van der Waals surface area contributed by atoms with Crippen LogP contribution < -0.4 is 49.1 Å². The Balaban J connectivity index is 1.23. The van der Waals surface area contributed by atoms with Gasteiger partial charge in [0.05, 0.1) is 37.1 Å². The van der Waals surface area contributed by atoms with E-state index in [1.54, 1.807) is 0 Å². The number of carbonyl (C=O) groups excluding carboxylic acids is 10. The highest BCUT2D eigenvalue weighted by Gasteiger charge is 2.50. The number of benzene rings is 2. The first-order valence-corrected chi connectivity index (χ1v) is 33.2. The largest absolute Gasteiger partial charge is 0.508 e. The number of rotatable bonds is 33. The van der Waals surface area contributed by atoms with Gasteiger partial charge in [-0.3, -0.25) is 52.5 Å². The molecule has 96 heavy (non-hydrogen) atoms. The van der Waals surface area contributed by atoms with Crippen LogP contribution in [0.4, 0.5) is 0 Å². The molecule has 0 bridgehead atoms. The number of nitrogens with zero attached hydrogens (tertiary/aromatic N) is 4. The summed E-state index contributed by atoms with van der Waals surface area (Å²) < 4.78 is 16.8. The summed E-state index contributed by atoms with van der Waals surface area (Å²) in [6, 6.07) is -6.31. The van der Waals surface area contributed by atoms with Crippen molar-refractivity contribution in [3.8, 4) is 11.5 Å². The highest BCUT2D eigenvalue weighted by molar-refractivity contribution is 7.46. The number of carboxylic acid groups (broad SMARTS) is 1. The molecule has 4 aliphatic rings. The molecule has 0 saturated carbocycles. The van der Waals surface area contributed by atoms with Gasteiger partial charge in [0, 0.05) is 58.3 Å². The van der Waals surface area contributed by atoms with Crippen molar-refractivity contribution >= 4 is 72.9 Å². The fraction of sp³-hybridized carbons (Fsp3) is 0.617. The van der Waals surface area contributed by atoms with Crippen LogP contribution in [0.5, 0.6) is 11.5 Å². The summed E-state index contributed by atoms with van der Waals surface area (Å²) in [5.74, 6) is -11.6. The minimum absolute atomic E-state index is 0.00330. The Morgan fingerprint density at radius 3 is 1.47 bits per heavy atom. The summed E-state index contributed by atoms with van der Waals surface area (Å²) >= 11 is 0. The molecule has 0 spiro atoms. The fourth-order valence-corrected chi connectivity index (χ4v) is 12.4. The van der Waals surface area contributed by atoms with E-state index in [4.69, 9.17) is 17.2 Å². The molecule has 21 N–H and O–H groups in total. The number of nitrogens with two attached hydrogens (primary N) is 3. The van der Waals surface area contributed by atoms with Crippen LogP contribution in [0.3, 0.4) is 0 Å². The zero-order valence-corrected chi connectivity index (χ0v) is 54.1. The van der Waals surface area contributed by atoms with Crippen LogP contribution in [0.25, 0.3) is 0 Å². The van der Waals surface area contributed by atoms with Crippen molar-refractivity contribution in [2.75, 3.05) is 45.9 Å². The molecule has 0 radical (unpaired) electrons. The monoisotopic (exact) mass is 1380 g/mol. The molecule has 35 nitrogen and oxygen atoms in total. The van der Waals surface area contributed by atoms with Gasteiger partial charge in [-0.25, -0.2) is 9.36 Å². The molecule has 0 aromatic heterocycles. The molecule has 4 heterocycles. The molecule has 10 amide bonds. The lowest BCUT2D eigenvalue weighted by molar-refractivity contribution is -0.148. The van der Waals surface area contributed by atoms with E-state index < -0.39 is 209 Å². The third kappa shape index (κ3) is 21.5. The van der Waals surface area contributed by atoms with Crippen LogP contribution in [0.1, 0.15) is 95.6 Å². The average molecular weight is 1380 g/mol. The Bertz CT molecular complexity index is 3130. The maximum Gasteiger partial charge on any atom is 0.469 e. The summed E-state index contributed by atoms with van der Waals surface area (Å²) in [7, 11) is -5.40. The lowest BCUT2D eigenvalue weighted by Gasteiger charge is -2.34.